The number of thiazole rings is 1. The first-order valence-corrected chi connectivity index (χ1v) is 10.3. The molecule has 7 nitrogen and oxygen atoms in total. The molecule has 1 fully saturated rings. The molecule has 0 aliphatic carbocycles. The van der Waals surface area contributed by atoms with Gasteiger partial charge in [-0.05, 0) is 12.1 Å². The van der Waals surface area contributed by atoms with Crippen LogP contribution in [0, 0.1) is 0 Å². The first kappa shape index (κ1) is 19.6. The molecule has 1 aliphatic heterocycles. The van der Waals surface area contributed by atoms with E-state index in [2.05, 4.69) is 14.8 Å². The second kappa shape index (κ2) is 8.34. The monoisotopic (exact) mass is 414 g/mol. The quantitative estimate of drug-likeness (QED) is 0.611. The summed E-state index contributed by atoms with van der Waals surface area (Å²) in [7, 11) is 4.96. The molecular weight excluding hydrogens is 390 g/mol. The maximum atomic E-state index is 12.0. The van der Waals surface area contributed by atoms with Crippen LogP contribution in [-0.2, 0) is 11.7 Å². The van der Waals surface area contributed by atoms with Gasteiger partial charge in [0.2, 0.25) is 5.75 Å². The van der Waals surface area contributed by atoms with Gasteiger partial charge in [-0.1, -0.05) is 0 Å². The molecule has 153 valence electrons. The number of piperazine rings is 1. The number of aromatic nitrogens is 1. The average Bonchev–Trinajstić information content (AvgIpc) is 3.25. The van der Waals surface area contributed by atoms with E-state index in [-0.39, 0.29) is 5.75 Å². The van der Waals surface area contributed by atoms with Crippen LogP contribution in [0.15, 0.2) is 29.8 Å². The third-order valence-corrected chi connectivity index (χ3v) is 6.19. The Kier molecular flexibility index (Phi) is 5.64. The first-order chi connectivity index (χ1) is 14.1. The van der Waals surface area contributed by atoms with Crippen molar-refractivity contribution in [3.8, 4) is 23.0 Å². The molecule has 2 heterocycles. The Balaban J connectivity index is 1.49. The third kappa shape index (κ3) is 3.77. The van der Waals surface area contributed by atoms with Crippen LogP contribution in [0.1, 0.15) is 5.56 Å². The third-order valence-electron chi connectivity index (χ3n) is 5.34. The van der Waals surface area contributed by atoms with Crippen molar-refractivity contribution in [1.82, 2.24) is 9.88 Å². The van der Waals surface area contributed by atoms with Gasteiger partial charge in [0.1, 0.15) is 22.8 Å². The summed E-state index contributed by atoms with van der Waals surface area (Å²) in [5.41, 5.74) is 4.43. The van der Waals surface area contributed by atoms with Crippen LogP contribution in [0.5, 0.6) is 23.0 Å². The minimum Gasteiger partial charge on any atom is -0.496 e. The zero-order chi connectivity index (χ0) is 20.4. The highest BCUT2D eigenvalue weighted by Gasteiger charge is 2.23. The van der Waals surface area contributed by atoms with Crippen molar-refractivity contribution in [3.05, 3.63) is 35.3 Å². The summed E-state index contributed by atoms with van der Waals surface area (Å²) >= 11 is 1.53. The fourth-order valence-corrected chi connectivity index (χ4v) is 4.61. The molecule has 1 aromatic heterocycles. The maximum absolute atomic E-state index is 12.0. The maximum Gasteiger partial charge on any atom is 0.205 e. The molecule has 1 saturated heterocycles. The van der Waals surface area contributed by atoms with Gasteiger partial charge in [0.15, 0.2) is 0 Å². The van der Waals surface area contributed by atoms with Crippen LogP contribution in [0.3, 0.4) is 0 Å². The molecule has 8 heteroatoms. The van der Waals surface area contributed by atoms with Crippen molar-refractivity contribution in [1.29, 1.82) is 0 Å². The minimum absolute atomic E-state index is 0.0117. The van der Waals surface area contributed by atoms with Crippen molar-refractivity contribution in [2.75, 3.05) is 52.4 Å². The van der Waals surface area contributed by atoms with Gasteiger partial charge in [-0.3, -0.25) is 10.0 Å². The molecular formula is C21H24N3O4S. The summed E-state index contributed by atoms with van der Waals surface area (Å²) < 4.78 is 17.5. The summed E-state index contributed by atoms with van der Waals surface area (Å²) in [6.07, 6.45) is 0. The molecule has 1 aliphatic rings. The van der Waals surface area contributed by atoms with Gasteiger partial charge in [-0.15, -0.1) is 11.3 Å². The molecule has 4 rings (SSSR count). The van der Waals surface area contributed by atoms with Crippen molar-refractivity contribution >= 4 is 27.2 Å². The van der Waals surface area contributed by atoms with Gasteiger partial charge in [0.25, 0.3) is 0 Å². The highest BCUT2D eigenvalue weighted by atomic mass is 32.1. The Labute approximate surface area is 174 Å². The second-order valence-corrected chi connectivity index (χ2v) is 7.74. The van der Waals surface area contributed by atoms with E-state index in [9.17, 15) is 5.11 Å². The number of hydrogen-bond donors (Lipinski definition) is 0. The predicted octanol–water partition coefficient (Wildman–Crippen LogP) is 3.79. The molecule has 1 radical (unpaired) electrons. The summed E-state index contributed by atoms with van der Waals surface area (Å²) in [5.74, 6) is 2.23. The molecule has 0 saturated carbocycles. The van der Waals surface area contributed by atoms with Crippen molar-refractivity contribution in [2.45, 2.75) is 6.54 Å². The Bertz CT molecular complexity index is 974. The molecule has 0 spiro atoms. The van der Waals surface area contributed by atoms with E-state index in [1.165, 1.54) is 11.3 Å². The van der Waals surface area contributed by atoms with Crippen LogP contribution in [0.4, 0.5) is 5.69 Å². The lowest BCUT2D eigenvalue weighted by Gasteiger charge is -2.36. The lowest BCUT2D eigenvalue weighted by Crippen LogP contribution is -2.46. The summed E-state index contributed by atoms with van der Waals surface area (Å²) in [5, 5.41) is 12.0. The smallest absolute Gasteiger partial charge is 0.205 e. The lowest BCUT2D eigenvalue weighted by atomic mass is 10.1. The lowest BCUT2D eigenvalue weighted by molar-refractivity contribution is 0.241. The van der Waals surface area contributed by atoms with E-state index >= 15 is 0 Å². The zero-order valence-corrected chi connectivity index (χ0v) is 17.6. The molecule has 29 heavy (non-hydrogen) atoms. The van der Waals surface area contributed by atoms with Gasteiger partial charge in [-0.2, -0.15) is 0 Å². The van der Waals surface area contributed by atoms with Crippen molar-refractivity contribution in [2.24, 2.45) is 0 Å². The summed E-state index contributed by atoms with van der Waals surface area (Å²) in [6, 6.07) is 7.32. The van der Waals surface area contributed by atoms with E-state index < -0.39 is 0 Å². The molecule has 3 aromatic rings. The number of benzene rings is 2. The first-order valence-electron chi connectivity index (χ1n) is 9.44. The minimum atomic E-state index is -0.0117. The fraction of sp³-hybridized carbons (Fsp3) is 0.381. The Morgan fingerprint density at radius 2 is 1.69 bits per heavy atom. The average molecular weight is 415 g/mol. The van der Waals surface area contributed by atoms with E-state index in [4.69, 9.17) is 14.2 Å². The van der Waals surface area contributed by atoms with Crippen LogP contribution in [0.25, 0.3) is 10.2 Å². The Morgan fingerprint density at radius 3 is 2.31 bits per heavy atom. The van der Waals surface area contributed by atoms with Gasteiger partial charge in [0.05, 0.1) is 42.8 Å². The number of nitrogens with zero attached hydrogens (tertiary/aromatic N) is 3. The highest BCUT2D eigenvalue weighted by Crippen LogP contribution is 2.37. The van der Waals surface area contributed by atoms with Crippen LogP contribution in [-0.4, -0.2) is 57.4 Å². The standard InChI is InChI=1S/C21H24N3O4S/c1-26-14-10-18(27-2)15(19(11-14)28-3)12-23-6-8-24(9-7-23)16-4-5-17(25)20-21(16)29-13-22-20/h4-5,10-11,13H,6-9,12H2,1-3H3. The number of ether oxygens (including phenoxy) is 3. The fourth-order valence-electron chi connectivity index (χ4n) is 3.77. The van der Waals surface area contributed by atoms with E-state index in [0.29, 0.717) is 11.3 Å². The van der Waals surface area contributed by atoms with E-state index in [1.807, 2.05) is 18.2 Å². The largest absolute Gasteiger partial charge is 0.496 e. The van der Waals surface area contributed by atoms with Crippen LogP contribution in [0.2, 0.25) is 0 Å². The predicted molar refractivity (Wildman–Crippen MR) is 113 cm³/mol. The van der Waals surface area contributed by atoms with Gasteiger partial charge in [0, 0.05) is 44.9 Å². The number of anilines is 1. The molecule has 0 atom stereocenters. The van der Waals surface area contributed by atoms with E-state index in [1.54, 1.807) is 32.9 Å². The molecule has 0 N–H and O–H groups in total. The zero-order valence-electron chi connectivity index (χ0n) is 16.8. The van der Waals surface area contributed by atoms with Gasteiger partial charge in [-0.25, -0.2) is 4.98 Å². The Hall–Kier alpha value is -2.71. The summed E-state index contributed by atoms with van der Waals surface area (Å²) in [4.78, 5) is 8.94. The second-order valence-electron chi connectivity index (χ2n) is 6.89. The SMILES string of the molecule is COc1cc(OC)c(CN2CCN(c3ccc([O])c4ncsc34)CC2)c(OC)c1. The van der Waals surface area contributed by atoms with Crippen molar-refractivity contribution < 1.29 is 19.3 Å². The van der Waals surface area contributed by atoms with Gasteiger partial charge >= 0.3 is 0 Å². The van der Waals surface area contributed by atoms with Crippen molar-refractivity contribution in [3.63, 3.8) is 0 Å². The molecule has 0 amide bonds. The van der Waals surface area contributed by atoms with Crippen LogP contribution < -0.4 is 19.1 Å². The number of fused-ring (bicyclic) bond motifs is 1. The van der Waals surface area contributed by atoms with Gasteiger partial charge < -0.3 is 19.1 Å². The molecule has 0 bridgehead atoms. The Morgan fingerprint density at radius 1 is 1.00 bits per heavy atom. The van der Waals surface area contributed by atoms with E-state index in [0.717, 1.165) is 60.2 Å². The topological polar surface area (TPSA) is 67.0 Å². The van der Waals surface area contributed by atoms with Crippen LogP contribution >= 0.6 is 11.3 Å². The normalized spacial score (nSPS) is 14.9. The molecule has 0 unspecified atom stereocenters. The molecule has 2 aromatic carbocycles. The number of hydrogen-bond acceptors (Lipinski definition) is 7. The number of methoxy groups -OCH3 is 3. The summed E-state index contributed by atoms with van der Waals surface area (Å²) in [6.45, 7) is 4.30. The highest BCUT2D eigenvalue weighted by molar-refractivity contribution is 7.17. The number of rotatable bonds is 6.